The predicted octanol–water partition coefficient (Wildman–Crippen LogP) is 3.84. The Labute approximate surface area is 123 Å². The molecule has 21 heavy (non-hydrogen) atoms. The lowest BCUT2D eigenvalue weighted by Crippen LogP contribution is -2.08. The molecule has 0 saturated carbocycles. The lowest BCUT2D eigenvalue weighted by atomic mass is 10.2. The zero-order chi connectivity index (χ0) is 15.1. The van der Waals surface area contributed by atoms with Gasteiger partial charge in [0, 0.05) is 17.5 Å². The van der Waals surface area contributed by atoms with Gasteiger partial charge in [0.25, 0.3) is 0 Å². The maximum atomic E-state index is 10.4. The molecule has 0 amide bonds. The second-order valence-electron chi connectivity index (χ2n) is 4.54. The van der Waals surface area contributed by atoms with Gasteiger partial charge in [-0.1, -0.05) is 18.2 Å². The third kappa shape index (κ3) is 5.03. The molecule has 0 heterocycles. The summed E-state index contributed by atoms with van der Waals surface area (Å²) < 4.78 is 5.59. The van der Waals surface area contributed by atoms with Gasteiger partial charge in [0.05, 0.1) is 0 Å². The number of hydrogen-bond acceptors (Lipinski definition) is 3. The molecule has 0 aliphatic heterocycles. The maximum Gasteiger partial charge on any atom is 0.328 e. The molecular formula is C17H17NO3. The van der Waals surface area contributed by atoms with Crippen molar-refractivity contribution in [2.75, 3.05) is 5.32 Å². The Bertz CT molecular complexity index is 606. The minimum Gasteiger partial charge on any atom is -0.487 e. The first-order valence-corrected chi connectivity index (χ1v) is 6.63. The first-order chi connectivity index (χ1) is 10.1. The molecule has 0 aliphatic carbocycles. The fraction of sp³-hybridized carbons (Fsp3) is 0.118. The van der Waals surface area contributed by atoms with Gasteiger partial charge in [-0.25, -0.2) is 4.79 Å². The van der Waals surface area contributed by atoms with Crippen LogP contribution in [0, 0.1) is 0 Å². The van der Waals surface area contributed by atoms with E-state index in [2.05, 4.69) is 5.32 Å². The van der Waals surface area contributed by atoms with Crippen LogP contribution in [-0.2, 0) is 4.79 Å². The molecule has 0 saturated heterocycles. The number of carboxylic acids is 1. The summed E-state index contributed by atoms with van der Waals surface area (Å²) in [4.78, 5) is 10.4. The first-order valence-electron chi connectivity index (χ1n) is 6.63. The molecule has 0 radical (unpaired) electrons. The quantitative estimate of drug-likeness (QED) is 0.791. The van der Waals surface area contributed by atoms with Gasteiger partial charge in [0.15, 0.2) is 0 Å². The summed E-state index contributed by atoms with van der Waals surface area (Å²) in [5, 5.41) is 11.8. The van der Waals surface area contributed by atoms with Gasteiger partial charge in [0.1, 0.15) is 11.9 Å². The number of para-hydroxylation sites is 1. The molecule has 4 heteroatoms. The van der Waals surface area contributed by atoms with Crippen molar-refractivity contribution in [1.29, 1.82) is 0 Å². The van der Waals surface area contributed by atoms with Gasteiger partial charge in [-0.05, 0) is 49.4 Å². The van der Waals surface area contributed by atoms with Gasteiger partial charge < -0.3 is 15.2 Å². The third-order valence-electron chi connectivity index (χ3n) is 2.75. The minimum absolute atomic E-state index is 0.297. The van der Waals surface area contributed by atoms with E-state index >= 15 is 0 Å². The number of benzene rings is 2. The summed E-state index contributed by atoms with van der Waals surface area (Å²) in [5.41, 5.74) is 1.98. The normalized spacial score (nSPS) is 12.0. The fourth-order valence-corrected chi connectivity index (χ4v) is 1.78. The molecule has 2 aromatic carbocycles. The number of anilines is 2. The Morgan fingerprint density at radius 3 is 2.33 bits per heavy atom. The lowest BCUT2D eigenvalue weighted by molar-refractivity contribution is -0.131. The van der Waals surface area contributed by atoms with Crippen LogP contribution in [0.25, 0.3) is 0 Å². The van der Waals surface area contributed by atoms with Gasteiger partial charge in [-0.15, -0.1) is 0 Å². The fourth-order valence-electron chi connectivity index (χ4n) is 1.78. The molecule has 4 nitrogen and oxygen atoms in total. The Morgan fingerprint density at radius 2 is 1.71 bits per heavy atom. The highest BCUT2D eigenvalue weighted by molar-refractivity contribution is 5.79. The molecule has 2 N–H and O–H groups in total. The first kappa shape index (κ1) is 14.7. The summed E-state index contributed by atoms with van der Waals surface area (Å²) in [6.45, 7) is 1.79. The molecule has 0 aliphatic rings. The van der Waals surface area contributed by atoms with E-state index in [0.29, 0.717) is 5.75 Å². The zero-order valence-electron chi connectivity index (χ0n) is 11.7. The van der Waals surface area contributed by atoms with Gasteiger partial charge >= 0.3 is 5.97 Å². The average molecular weight is 283 g/mol. The number of rotatable bonds is 6. The van der Waals surface area contributed by atoms with E-state index in [1.54, 1.807) is 6.92 Å². The van der Waals surface area contributed by atoms with Crippen molar-refractivity contribution >= 4 is 17.3 Å². The van der Waals surface area contributed by atoms with Crippen LogP contribution in [0.1, 0.15) is 6.92 Å². The zero-order valence-corrected chi connectivity index (χ0v) is 11.7. The highest BCUT2D eigenvalue weighted by atomic mass is 16.5. The summed E-state index contributed by atoms with van der Waals surface area (Å²) >= 11 is 0. The molecule has 1 unspecified atom stereocenters. The molecule has 0 spiro atoms. The molecule has 0 fully saturated rings. The van der Waals surface area contributed by atoms with E-state index in [-0.39, 0.29) is 6.10 Å². The number of aliphatic carboxylic acids is 1. The van der Waals surface area contributed by atoms with E-state index < -0.39 is 5.97 Å². The number of carboxylic acid groups (broad SMARTS) is 1. The Hall–Kier alpha value is -2.75. The molecule has 0 aromatic heterocycles. The second-order valence-corrected chi connectivity index (χ2v) is 4.54. The molecule has 108 valence electrons. The van der Waals surface area contributed by atoms with Crippen molar-refractivity contribution in [2.24, 2.45) is 0 Å². The van der Waals surface area contributed by atoms with E-state index in [4.69, 9.17) is 9.84 Å². The number of hydrogen-bond donors (Lipinski definition) is 2. The van der Waals surface area contributed by atoms with Crippen molar-refractivity contribution in [1.82, 2.24) is 0 Å². The highest BCUT2D eigenvalue weighted by Gasteiger charge is 2.01. The van der Waals surface area contributed by atoms with Crippen molar-refractivity contribution in [2.45, 2.75) is 13.0 Å². The van der Waals surface area contributed by atoms with Crippen LogP contribution in [0.2, 0.25) is 0 Å². The molecule has 2 aromatic rings. The summed E-state index contributed by atoms with van der Waals surface area (Å²) in [7, 11) is 0. The van der Waals surface area contributed by atoms with E-state index in [9.17, 15) is 4.79 Å². The summed E-state index contributed by atoms with van der Waals surface area (Å²) in [6, 6.07) is 17.4. The highest BCUT2D eigenvalue weighted by Crippen LogP contribution is 2.20. The minimum atomic E-state index is -0.979. The van der Waals surface area contributed by atoms with E-state index in [0.717, 1.165) is 17.5 Å². The van der Waals surface area contributed by atoms with Gasteiger partial charge in [-0.3, -0.25) is 0 Å². The Kier molecular flexibility index (Phi) is 4.99. The monoisotopic (exact) mass is 283 g/mol. The molecular weight excluding hydrogens is 266 g/mol. The lowest BCUT2D eigenvalue weighted by Gasteiger charge is -2.12. The van der Waals surface area contributed by atoms with Crippen LogP contribution in [0.4, 0.5) is 11.4 Å². The molecule has 2 rings (SSSR count). The number of ether oxygens (including phenoxy) is 1. The van der Waals surface area contributed by atoms with Crippen LogP contribution >= 0.6 is 0 Å². The maximum absolute atomic E-state index is 10.4. The van der Waals surface area contributed by atoms with Crippen LogP contribution < -0.4 is 10.1 Å². The average Bonchev–Trinajstić information content (AvgIpc) is 2.48. The Balaban J connectivity index is 1.94. The van der Waals surface area contributed by atoms with Crippen molar-refractivity contribution < 1.29 is 14.6 Å². The van der Waals surface area contributed by atoms with Crippen molar-refractivity contribution in [3.8, 4) is 5.75 Å². The Morgan fingerprint density at radius 1 is 1.10 bits per heavy atom. The number of carbonyl (C=O) groups is 1. The van der Waals surface area contributed by atoms with Crippen LogP contribution in [0.5, 0.6) is 5.75 Å². The van der Waals surface area contributed by atoms with E-state index in [1.165, 1.54) is 6.08 Å². The van der Waals surface area contributed by atoms with Crippen molar-refractivity contribution in [3.05, 3.63) is 66.7 Å². The van der Waals surface area contributed by atoms with Gasteiger partial charge in [-0.2, -0.15) is 0 Å². The number of nitrogens with one attached hydrogen (secondary N) is 1. The molecule has 1 atom stereocenters. The molecule has 0 bridgehead atoms. The largest absolute Gasteiger partial charge is 0.487 e. The van der Waals surface area contributed by atoms with Crippen LogP contribution in [0.15, 0.2) is 66.7 Å². The van der Waals surface area contributed by atoms with Crippen LogP contribution in [0.3, 0.4) is 0 Å². The topological polar surface area (TPSA) is 58.6 Å². The van der Waals surface area contributed by atoms with Crippen molar-refractivity contribution in [3.63, 3.8) is 0 Å². The standard InChI is InChI=1S/C17H17NO3/c1-13(7-12-17(19)20)21-16-10-8-15(9-11-16)18-14-5-3-2-4-6-14/h2-13,18H,1H3,(H,19,20)/b12-7+. The smallest absolute Gasteiger partial charge is 0.328 e. The summed E-state index contributed by atoms with van der Waals surface area (Å²) in [5.74, 6) is -0.288. The van der Waals surface area contributed by atoms with E-state index in [1.807, 2.05) is 54.6 Å². The second kappa shape index (κ2) is 7.14. The van der Waals surface area contributed by atoms with Crippen LogP contribution in [-0.4, -0.2) is 17.2 Å². The third-order valence-corrected chi connectivity index (χ3v) is 2.75. The SMILES string of the molecule is CC(/C=C/C(=O)O)Oc1ccc(Nc2ccccc2)cc1. The predicted molar refractivity (Wildman–Crippen MR) is 83.0 cm³/mol. The van der Waals surface area contributed by atoms with Gasteiger partial charge in [0.2, 0.25) is 0 Å². The summed E-state index contributed by atoms with van der Waals surface area (Å²) in [6.07, 6.45) is 2.28.